The number of rotatable bonds is 29. The van der Waals surface area contributed by atoms with Crippen LogP contribution in [-0.2, 0) is 125 Å². The summed E-state index contributed by atoms with van der Waals surface area (Å²) in [6.45, 7) is 4.37. The van der Waals surface area contributed by atoms with Crippen molar-refractivity contribution in [2.75, 3.05) is 19.8 Å². The third-order valence-corrected chi connectivity index (χ3v) is 14.8. The van der Waals surface area contributed by atoms with Crippen molar-refractivity contribution in [1.82, 2.24) is 5.32 Å². The molecule has 1 amide bonds. The van der Waals surface area contributed by atoms with Gasteiger partial charge in [0.1, 0.15) is 67.6 Å². The van der Waals surface area contributed by atoms with E-state index < -0.39 is 122 Å². The van der Waals surface area contributed by atoms with Gasteiger partial charge in [0.25, 0.3) is 0 Å². The first kappa shape index (κ1) is 65.2. The highest BCUT2D eigenvalue weighted by atomic mass is 16.8. The van der Waals surface area contributed by atoms with E-state index >= 15 is 0 Å². The molecule has 88 heavy (non-hydrogen) atoms. The molecular weight excluding hydrogens is 1130 g/mol. The SMILES string of the molecule is CC(=O)N[C@H]1[C@H](O[C@H]2[C@@H](OCc3ccccc3)[C@@H](COCc3ccccc3)O[C@@H](O[C@H]3[C@H](OCc4ccccc4)[C@@H](OCc4ccccc4)[C@H](O)O[C@@H]3COCc3ccccc3)[C@@H]2OCc2ccccc2)O[C@H](COC(C)=O)[C@@H](OC(C)=O)[C@@H]1OC(C)=O. The number of aliphatic hydroxyl groups excluding tert-OH is 1. The molecule has 9 rings (SSSR count). The van der Waals surface area contributed by atoms with Crippen LogP contribution < -0.4 is 5.32 Å². The van der Waals surface area contributed by atoms with Gasteiger partial charge in [-0.25, -0.2) is 0 Å². The van der Waals surface area contributed by atoms with Crippen molar-refractivity contribution in [2.45, 2.75) is 159 Å². The van der Waals surface area contributed by atoms with Crippen LogP contribution in [-0.4, -0.2) is 141 Å². The highest BCUT2D eigenvalue weighted by Crippen LogP contribution is 2.38. The van der Waals surface area contributed by atoms with Crippen molar-refractivity contribution < 1.29 is 90.6 Å². The predicted octanol–water partition coefficient (Wildman–Crippen LogP) is 7.63. The molecule has 3 fully saturated rings. The molecule has 0 aromatic heterocycles. The zero-order valence-corrected chi connectivity index (χ0v) is 49.6. The molecule has 20 heteroatoms. The van der Waals surface area contributed by atoms with Crippen LogP contribution in [0.5, 0.6) is 0 Å². The molecule has 20 nitrogen and oxygen atoms in total. The number of esters is 3. The third-order valence-electron chi connectivity index (χ3n) is 14.8. The zero-order valence-electron chi connectivity index (χ0n) is 49.6. The Labute approximate surface area is 512 Å². The molecule has 0 saturated carbocycles. The molecule has 2 N–H and O–H groups in total. The number of carbonyl (C=O) groups is 4. The molecule has 468 valence electrons. The van der Waals surface area contributed by atoms with E-state index in [2.05, 4.69) is 5.32 Å². The van der Waals surface area contributed by atoms with E-state index in [0.29, 0.717) is 0 Å². The topological polar surface area (TPSA) is 230 Å². The lowest BCUT2D eigenvalue weighted by atomic mass is 9.94. The summed E-state index contributed by atoms with van der Waals surface area (Å²) in [7, 11) is 0. The molecule has 0 spiro atoms. The van der Waals surface area contributed by atoms with Gasteiger partial charge in [-0.3, -0.25) is 19.2 Å². The van der Waals surface area contributed by atoms with Gasteiger partial charge in [-0.15, -0.1) is 0 Å². The second-order valence-corrected chi connectivity index (χ2v) is 21.6. The van der Waals surface area contributed by atoms with Gasteiger partial charge >= 0.3 is 17.9 Å². The fourth-order valence-electron chi connectivity index (χ4n) is 10.7. The second-order valence-electron chi connectivity index (χ2n) is 21.6. The van der Waals surface area contributed by atoms with Gasteiger partial charge in [0.2, 0.25) is 5.91 Å². The molecule has 6 aromatic rings. The second kappa shape index (κ2) is 33.3. The molecule has 3 aliphatic heterocycles. The van der Waals surface area contributed by atoms with E-state index in [-0.39, 0.29) is 52.9 Å². The highest BCUT2D eigenvalue weighted by Gasteiger charge is 2.58. The van der Waals surface area contributed by atoms with Crippen molar-refractivity contribution in [3.05, 3.63) is 215 Å². The zero-order chi connectivity index (χ0) is 61.6. The first-order valence-corrected chi connectivity index (χ1v) is 29.4. The lowest BCUT2D eigenvalue weighted by molar-refractivity contribution is -0.386. The molecule has 3 heterocycles. The molecule has 3 aliphatic rings. The maximum atomic E-state index is 13.4. The van der Waals surface area contributed by atoms with Gasteiger partial charge < -0.3 is 76.7 Å². The van der Waals surface area contributed by atoms with E-state index in [1.54, 1.807) is 0 Å². The van der Waals surface area contributed by atoms with Crippen molar-refractivity contribution >= 4 is 23.8 Å². The Morgan fingerprint density at radius 3 is 1.17 bits per heavy atom. The predicted molar refractivity (Wildman–Crippen MR) is 316 cm³/mol. The fraction of sp³-hybridized carbons (Fsp3) is 0.412. The summed E-state index contributed by atoms with van der Waals surface area (Å²) in [5.74, 6) is -2.87. The fourth-order valence-corrected chi connectivity index (χ4v) is 10.7. The van der Waals surface area contributed by atoms with Crippen LogP contribution in [0.4, 0.5) is 0 Å². The van der Waals surface area contributed by atoms with Crippen molar-refractivity contribution in [3.8, 4) is 0 Å². The van der Waals surface area contributed by atoms with Crippen LogP contribution in [0.2, 0.25) is 0 Å². The average molecular weight is 1210 g/mol. The maximum absolute atomic E-state index is 13.4. The Bertz CT molecular complexity index is 3040. The normalized spacial score (nSPS) is 26.9. The number of hydrogen-bond acceptors (Lipinski definition) is 19. The first-order valence-electron chi connectivity index (χ1n) is 29.4. The summed E-state index contributed by atoms with van der Waals surface area (Å²) in [5, 5.41) is 15.0. The summed E-state index contributed by atoms with van der Waals surface area (Å²) in [5.41, 5.74) is 4.92. The van der Waals surface area contributed by atoms with Gasteiger partial charge in [-0.1, -0.05) is 182 Å². The van der Waals surface area contributed by atoms with Gasteiger partial charge in [0.15, 0.2) is 31.1 Å². The van der Waals surface area contributed by atoms with Gasteiger partial charge in [0.05, 0.1) is 52.9 Å². The highest BCUT2D eigenvalue weighted by molar-refractivity contribution is 5.73. The van der Waals surface area contributed by atoms with Crippen LogP contribution in [0.1, 0.15) is 61.1 Å². The van der Waals surface area contributed by atoms with Gasteiger partial charge in [-0.05, 0) is 33.4 Å². The number of hydrogen-bond donors (Lipinski definition) is 2. The standard InChI is InChI=1S/C68H77NO19/c1-44(70)69-57-61(83-47(4)73)59(82-46(3)72)56(43-77-45(2)71)85-67(57)88-63-58(78-37-50-27-15-7-16-28-50)54(41-75-35-48-23-11-5-12-24-48)86-68(65(63)81-40-53-33-21-10-22-34-53)87-60-55(42-76-36-49-25-13-6-14-26-49)84-66(74)64(80-39-52-31-19-9-20-32-52)62(60)79-38-51-29-17-8-18-30-51/h5-34,54-68,74H,35-43H2,1-4H3,(H,69,70)/t54-,55-,56-,57-,58+,59-,60-,61-,62+,63+,64-,65-,66-,67+,68+/m1/s1. The largest absolute Gasteiger partial charge is 0.463 e. The minimum atomic E-state index is -1.63. The van der Waals surface area contributed by atoms with E-state index in [1.165, 1.54) is 13.8 Å². The third kappa shape index (κ3) is 19.1. The lowest BCUT2D eigenvalue weighted by Gasteiger charge is -2.51. The number of amides is 1. The molecule has 3 saturated heterocycles. The Hall–Kier alpha value is -7.28. The van der Waals surface area contributed by atoms with E-state index in [9.17, 15) is 24.3 Å². The van der Waals surface area contributed by atoms with Crippen molar-refractivity contribution in [2.24, 2.45) is 0 Å². The lowest BCUT2D eigenvalue weighted by Crippen LogP contribution is -2.70. The minimum Gasteiger partial charge on any atom is -0.463 e. The Kier molecular flexibility index (Phi) is 24.7. The summed E-state index contributed by atoms with van der Waals surface area (Å²) < 4.78 is 93.2. The molecule has 0 radical (unpaired) electrons. The molecular formula is C68H77NO19. The monoisotopic (exact) mass is 1210 g/mol. The number of carbonyl (C=O) groups excluding carboxylic acids is 4. The Morgan fingerprint density at radius 2 is 0.739 bits per heavy atom. The Morgan fingerprint density at radius 1 is 0.375 bits per heavy atom. The summed E-state index contributed by atoms with van der Waals surface area (Å²) in [6, 6.07) is 55.5. The van der Waals surface area contributed by atoms with Gasteiger partial charge in [-0.2, -0.15) is 0 Å². The smallest absolute Gasteiger partial charge is 0.303 e. The molecule has 0 aliphatic carbocycles. The summed E-state index contributed by atoms with van der Waals surface area (Å²) >= 11 is 0. The first-order chi connectivity index (χ1) is 42.8. The molecule has 0 bridgehead atoms. The molecule has 6 aromatic carbocycles. The number of benzene rings is 6. The number of aliphatic hydroxyl groups is 1. The van der Waals surface area contributed by atoms with Crippen LogP contribution in [0, 0.1) is 0 Å². The van der Waals surface area contributed by atoms with E-state index in [1.807, 2.05) is 182 Å². The summed E-state index contributed by atoms with van der Waals surface area (Å²) in [4.78, 5) is 52.0. The van der Waals surface area contributed by atoms with E-state index in [0.717, 1.165) is 47.2 Å². The van der Waals surface area contributed by atoms with Crippen LogP contribution in [0.15, 0.2) is 182 Å². The molecule has 15 atom stereocenters. The van der Waals surface area contributed by atoms with Crippen LogP contribution in [0.3, 0.4) is 0 Å². The van der Waals surface area contributed by atoms with Crippen molar-refractivity contribution in [1.29, 1.82) is 0 Å². The van der Waals surface area contributed by atoms with Crippen molar-refractivity contribution in [3.63, 3.8) is 0 Å². The van der Waals surface area contributed by atoms with Crippen LogP contribution in [0.25, 0.3) is 0 Å². The molecule has 0 unspecified atom stereocenters. The number of nitrogens with one attached hydrogen (secondary N) is 1. The minimum absolute atomic E-state index is 0.00613. The maximum Gasteiger partial charge on any atom is 0.303 e. The van der Waals surface area contributed by atoms with Crippen LogP contribution >= 0.6 is 0 Å². The summed E-state index contributed by atoms with van der Waals surface area (Å²) in [6.07, 6.45) is -18.5. The average Bonchev–Trinajstić information content (AvgIpc) is 1.37. The number of ether oxygens (including phenoxy) is 14. The van der Waals surface area contributed by atoms with E-state index in [4.69, 9.17) is 66.3 Å². The Balaban J connectivity index is 1.19. The van der Waals surface area contributed by atoms with Gasteiger partial charge in [0, 0.05) is 27.7 Å². The quantitative estimate of drug-likeness (QED) is 0.0340.